The Morgan fingerprint density at radius 2 is 2.20 bits per heavy atom. The fourth-order valence-corrected chi connectivity index (χ4v) is 0.970. The van der Waals surface area contributed by atoms with Crippen molar-refractivity contribution in [3.05, 3.63) is 18.3 Å². The number of hydrogen-bond acceptors (Lipinski definition) is 2. The van der Waals surface area contributed by atoms with Gasteiger partial charge in [0, 0.05) is 0 Å². The quantitative estimate of drug-likeness (QED) is 0.507. The van der Waals surface area contributed by atoms with Gasteiger partial charge in [-0.2, -0.15) is 0 Å². The molecule has 4 heteroatoms. The summed E-state index contributed by atoms with van der Waals surface area (Å²) in [6, 6.07) is 3.89. The zero-order valence-corrected chi connectivity index (χ0v) is 10.2. The molecule has 0 saturated carbocycles. The molecule has 0 aromatic carbocycles. The zero-order chi connectivity index (χ0) is 6.69. The van der Waals surface area contributed by atoms with Gasteiger partial charge in [-0.05, 0) is 0 Å². The van der Waals surface area contributed by atoms with Crippen LogP contribution in [0.5, 0.6) is 5.75 Å². The minimum atomic E-state index is 0. The Balaban J connectivity index is 0.000000810. The van der Waals surface area contributed by atoms with Crippen LogP contribution in [0.25, 0.3) is 0 Å². The van der Waals surface area contributed by atoms with Gasteiger partial charge in [0.05, 0.1) is 0 Å². The Morgan fingerprint density at radius 1 is 1.50 bits per heavy atom. The van der Waals surface area contributed by atoms with Gasteiger partial charge in [0.1, 0.15) is 0 Å². The van der Waals surface area contributed by atoms with E-state index in [9.17, 15) is 0 Å². The van der Waals surface area contributed by atoms with Gasteiger partial charge in [-0.3, -0.25) is 0 Å². The Hall–Kier alpha value is 0.0534. The van der Waals surface area contributed by atoms with Crippen molar-refractivity contribution in [3.8, 4) is 5.75 Å². The van der Waals surface area contributed by atoms with E-state index in [4.69, 9.17) is 4.74 Å². The van der Waals surface area contributed by atoms with Crippen molar-refractivity contribution in [1.29, 1.82) is 0 Å². The van der Waals surface area contributed by atoms with Crippen LogP contribution in [0.2, 0.25) is 0 Å². The van der Waals surface area contributed by atoms with Gasteiger partial charge in [-0.25, -0.2) is 0 Å². The van der Waals surface area contributed by atoms with Crippen molar-refractivity contribution in [1.82, 2.24) is 4.98 Å². The van der Waals surface area contributed by atoms with Crippen LogP contribution in [0.1, 0.15) is 0 Å². The molecule has 0 aliphatic rings. The maximum atomic E-state index is 4.92. The van der Waals surface area contributed by atoms with Crippen molar-refractivity contribution >= 4 is 4.29 Å². The SMILES string of the molecule is COc1cc[c]([Zn+])nc1.[Br-]. The summed E-state index contributed by atoms with van der Waals surface area (Å²) in [5, 5.41) is 0. The summed E-state index contributed by atoms with van der Waals surface area (Å²) in [7, 11) is 1.64. The molecule has 0 unspecified atom stereocenters. The molecule has 0 spiro atoms. The Bertz CT molecular complexity index is 189. The van der Waals surface area contributed by atoms with E-state index in [-0.39, 0.29) is 17.0 Å². The van der Waals surface area contributed by atoms with Gasteiger partial charge in [0.15, 0.2) is 0 Å². The molecule has 0 radical (unpaired) electrons. The third-order valence-corrected chi connectivity index (χ3v) is 1.91. The molecule has 0 saturated heterocycles. The predicted molar refractivity (Wildman–Crippen MR) is 30.4 cm³/mol. The smallest absolute Gasteiger partial charge is 1.00 e. The molecule has 0 fully saturated rings. The van der Waals surface area contributed by atoms with Crippen LogP contribution in [-0.2, 0) is 18.3 Å². The first-order valence-electron chi connectivity index (χ1n) is 2.65. The van der Waals surface area contributed by atoms with Crippen LogP contribution in [0.15, 0.2) is 18.3 Å². The predicted octanol–water partition coefficient (Wildman–Crippen LogP) is -2.73. The molecule has 2 nitrogen and oxygen atoms in total. The van der Waals surface area contributed by atoms with Crippen molar-refractivity contribution < 1.29 is 40.0 Å². The maximum absolute atomic E-state index is 4.92. The summed E-state index contributed by atoms with van der Waals surface area (Å²) < 4.78 is 6.06. The molecule has 0 aliphatic heterocycles. The number of halogens is 1. The summed E-state index contributed by atoms with van der Waals surface area (Å²) in [5.41, 5.74) is 0. The van der Waals surface area contributed by atoms with Gasteiger partial charge < -0.3 is 17.0 Å². The third-order valence-electron chi connectivity index (χ3n) is 1.03. The molecule has 0 bridgehead atoms. The molecule has 1 rings (SSSR count). The summed E-state index contributed by atoms with van der Waals surface area (Å²) in [6.45, 7) is 0. The first-order valence-corrected chi connectivity index (χ1v) is 4.13. The molecule has 0 atom stereocenters. The number of ether oxygens (including phenoxy) is 1. The number of nitrogens with zero attached hydrogens (tertiary/aromatic N) is 1. The van der Waals surface area contributed by atoms with E-state index < -0.39 is 0 Å². The van der Waals surface area contributed by atoms with E-state index in [0.717, 1.165) is 28.3 Å². The molecule has 0 amide bonds. The average molecular weight is 253 g/mol. The Labute approximate surface area is 80.4 Å². The van der Waals surface area contributed by atoms with E-state index >= 15 is 0 Å². The fourth-order valence-electron chi connectivity index (χ4n) is 0.532. The number of hydrogen-bond donors (Lipinski definition) is 0. The van der Waals surface area contributed by atoms with Gasteiger partial charge in [-0.1, -0.05) is 0 Å². The second-order valence-corrected chi connectivity index (χ2v) is 3.21. The first-order chi connectivity index (χ1) is 4.33. The van der Waals surface area contributed by atoms with Crippen molar-refractivity contribution in [2.24, 2.45) is 0 Å². The van der Waals surface area contributed by atoms with Crippen LogP contribution < -0.4 is 26.0 Å². The number of pyridine rings is 1. The third kappa shape index (κ3) is 2.76. The maximum Gasteiger partial charge on any atom is -1.00 e. The van der Waals surface area contributed by atoms with E-state index in [1.54, 1.807) is 13.3 Å². The largest absolute Gasteiger partial charge is 1.00 e. The normalized spacial score (nSPS) is 8.30. The Morgan fingerprint density at radius 3 is 2.60 bits per heavy atom. The van der Waals surface area contributed by atoms with Crippen LogP contribution in [0.3, 0.4) is 0 Å². The van der Waals surface area contributed by atoms with Crippen molar-refractivity contribution in [2.75, 3.05) is 7.11 Å². The van der Waals surface area contributed by atoms with Crippen molar-refractivity contribution in [2.45, 2.75) is 0 Å². The topological polar surface area (TPSA) is 22.1 Å². The standard InChI is InChI=1S/C6H6NO.BrH.Zn/c1-8-6-3-2-4-7-5-6;;/h2-3,5H,1H3;1H;/q;;+1/p-1. The monoisotopic (exact) mass is 251 g/mol. The average Bonchev–Trinajstić information content (AvgIpc) is 1.90. The molecule has 1 aromatic heterocycles. The molecule has 0 aliphatic carbocycles. The first kappa shape index (κ1) is 10.1. The molecule has 1 heterocycles. The summed E-state index contributed by atoms with van der Waals surface area (Å²) in [6.07, 6.45) is 1.73. The van der Waals surface area contributed by atoms with E-state index in [0.29, 0.717) is 0 Å². The molecule has 10 heavy (non-hydrogen) atoms. The van der Waals surface area contributed by atoms with Gasteiger partial charge in [0.25, 0.3) is 0 Å². The fraction of sp³-hybridized carbons (Fsp3) is 0.167. The second kappa shape index (κ2) is 4.81. The van der Waals surface area contributed by atoms with Crippen LogP contribution in [-0.4, -0.2) is 12.1 Å². The van der Waals surface area contributed by atoms with E-state index in [1.807, 2.05) is 12.1 Å². The minimum Gasteiger partial charge on any atom is -1.00 e. The van der Waals surface area contributed by atoms with Gasteiger partial charge >= 0.3 is 63.5 Å². The summed E-state index contributed by atoms with van der Waals surface area (Å²) >= 11 is 1.10. The molecular weight excluding hydrogens is 247 g/mol. The molecule has 0 N–H and O–H groups in total. The minimum absolute atomic E-state index is 0. The van der Waals surface area contributed by atoms with Crippen molar-refractivity contribution in [3.63, 3.8) is 0 Å². The van der Waals surface area contributed by atoms with Crippen LogP contribution in [0.4, 0.5) is 0 Å². The summed E-state index contributed by atoms with van der Waals surface area (Å²) in [5.74, 6) is 0.826. The number of aromatic nitrogens is 1. The number of rotatable bonds is 1. The Kier molecular flexibility index (Phi) is 4.83. The zero-order valence-electron chi connectivity index (χ0n) is 5.67. The molecule has 1 aromatic rings. The molecule has 50 valence electrons. The van der Waals surface area contributed by atoms with E-state index in [2.05, 4.69) is 4.98 Å². The van der Waals surface area contributed by atoms with Gasteiger partial charge in [-0.15, -0.1) is 0 Å². The second-order valence-electron chi connectivity index (χ2n) is 1.69. The van der Waals surface area contributed by atoms with Gasteiger partial charge in [0.2, 0.25) is 0 Å². The molecular formula is C6H6BrNOZn. The van der Waals surface area contributed by atoms with Crippen LogP contribution in [0, 0.1) is 0 Å². The number of methoxy groups -OCH3 is 1. The van der Waals surface area contributed by atoms with Crippen LogP contribution >= 0.6 is 0 Å². The van der Waals surface area contributed by atoms with E-state index in [1.165, 1.54) is 0 Å². The summed E-state index contributed by atoms with van der Waals surface area (Å²) in [4.78, 5) is 4.08.